The molecule has 2 N–H and O–H groups in total. The Bertz CT molecular complexity index is 2280. The number of anilines is 1. The molecule has 22 heteroatoms. The van der Waals surface area contributed by atoms with Gasteiger partial charge in [0.1, 0.15) is 40.7 Å². The van der Waals surface area contributed by atoms with Crippen LogP contribution in [0.15, 0.2) is 35.9 Å². The molecule has 69 heavy (non-hydrogen) atoms. The fourth-order valence-corrected chi connectivity index (χ4v) is 11.4. The molecule has 0 aliphatic carbocycles. The fourth-order valence-electron chi connectivity index (χ4n) is 9.18. The van der Waals surface area contributed by atoms with Crippen LogP contribution in [0.25, 0.3) is 0 Å². The van der Waals surface area contributed by atoms with Crippen molar-refractivity contribution in [2.75, 3.05) is 57.8 Å². The zero-order chi connectivity index (χ0) is 50.4. The van der Waals surface area contributed by atoms with E-state index in [1.165, 1.54) is 42.8 Å². The number of piperidine rings is 1. The number of benzene rings is 1. The second kappa shape index (κ2) is 23.7. The smallest absolute Gasteiger partial charge is 0.409 e. The quantitative estimate of drug-likeness (QED) is 0.0970. The molecule has 1 aromatic heterocycles. The van der Waals surface area contributed by atoms with Gasteiger partial charge in [-0.25, -0.2) is 14.3 Å². The molecule has 3 saturated heterocycles. The van der Waals surface area contributed by atoms with Crippen molar-refractivity contribution in [3.8, 4) is 5.75 Å². The van der Waals surface area contributed by atoms with Crippen molar-refractivity contribution in [2.45, 2.75) is 125 Å². The van der Waals surface area contributed by atoms with Crippen LogP contribution in [0.1, 0.15) is 76.8 Å². The molecule has 4 aliphatic rings. The lowest BCUT2D eigenvalue weighted by Crippen LogP contribution is -2.63. The van der Waals surface area contributed by atoms with Crippen LogP contribution < -0.4 is 15.0 Å². The second-order valence-corrected chi connectivity index (χ2v) is 21.1. The van der Waals surface area contributed by atoms with Crippen LogP contribution >= 0.6 is 55.2 Å². The molecule has 18 nitrogen and oxygen atoms in total. The van der Waals surface area contributed by atoms with Gasteiger partial charge in [0.2, 0.25) is 17.7 Å². The van der Waals surface area contributed by atoms with Gasteiger partial charge in [0.25, 0.3) is 0 Å². The van der Waals surface area contributed by atoms with Crippen LogP contribution in [0.2, 0.25) is 5.02 Å². The van der Waals surface area contributed by atoms with Crippen molar-refractivity contribution in [3.05, 3.63) is 57.9 Å². The van der Waals surface area contributed by atoms with Gasteiger partial charge in [0, 0.05) is 76.0 Å². The summed E-state index contributed by atoms with van der Waals surface area (Å²) in [6, 6.07) is 2.51. The van der Waals surface area contributed by atoms with Gasteiger partial charge in [-0.2, -0.15) is 11.8 Å². The zero-order valence-electron chi connectivity index (χ0n) is 40.4. The highest BCUT2D eigenvalue weighted by Gasteiger charge is 2.64. The van der Waals surface area contributed by atoms with E-state index in [0.29, 0.717) is 53.3 Å². The Kier molecular flexibility index (Phi) is 18.7. The number of allylic oxidation sites excluding steroid dienone is 3. The van der Waals surface area contributed by atoms with Crippen LogP contribution in [0.5, 0.6) is 5.75 Å². The third kappa shape index (κ3) is 12.8. The number of likely N-dealkylation sites (N-methyl/N-ethyl adjacent to an activating group) is 1. The van der Waals surface area contributed by atoms with Crippen molar-refractivity contribution >= 4 is 90.7 Å². The first kappa shape index (κ1) is 54.6. The molecule has 380 valence electrons. The highest BCUT2D eigenvalue weighted by atomic mass is 79.9. The number of epoxide rings is 1. The molecule has 4 amide bonds. The van der Waals surface area contributed by atoms with E-state index in [9.17, 15) is 29.1 Å². The molecule has 3 fully saturated rings. The Morgan fingerprint density at radius 1 is 1.16 bits per heavy atom. The Balaban J connectivity index is 1.11. The number of hydrogen-bond donors (Lipinski definition) is 2. The molecule has 4 aliphatic heterocycles. The number of alkyl halides is 2. The molecule has 6 rings (SSSR count). The lowest BCUT2D eigenvalue weighted by atomic mass is 9.83. The predicted octanol–water partition coefficient (Wildman–Crippen LogP) is 5.96. The number of hydrogen-bond acceptors (Lipinski definition) is 14. The van der Waals surface area contributed by atoms with Gasteiger partial charge in [-0.15, -0.1) is 5.10 Å². The fraction of sp³-hybridized carbons (Fsp3) is 0.638. The molecule has 8 atom stereocenters. The van der Waals surface area contributed by atoms with E-state index < -0.39 is 65.7 Å². The first-order chi connectivity index (χ1) is 32.8. The van der Waals surface area contributed by atoms with Crippen molar-refractivity contribution in [2.24, 2.45) is 11.8 Å². The van der Waals surface area contributed by atoms with Crippen LogP contribution in [0.3, 0.4) is 0 Å². The Hall–Kier alpha value is -3.73. The van der Waals surface area contributed by atoms with Gasteiger partial charge >= 0.3 is 12.1 Å². The average Bonchev–Trinajstić information content (AvgIpc) is 3.87. The Labute approximate surface area is 429 Å². The molecule has 1 aromatic carbocycles. The van der Waals surface area contributed by atoms with E-state index in [1.807, 2.05) is 22.6 Å². The number of halogens is 3. The van der Waals surface area contributed by atoms with Gasteiger partial charge in [0.05, 0.1) is 42.5 Å². The third-order valence-corrected chi connectivity index (χ3v) is 16.2. The summed E-state index contributed by atoms with van der Waals surface area (Å²) in [7, 11) is 5.99. The number of amides is 4. The first-order valence-corrected chi connectivity index (χ1v) is 26.8. The van der Waals surface area contributed by atoms with Gasteiger partial charge < -0.3 is 43.5 Å². The third-order valence-electron chi connectivity index (χ3n) is 13.8. The maximum atomic E-state index is 14.3. The number of aromatic nitrogens is 3. The summed E-state index contributed by atoms with van der Waals surface area (Å²) in [5.74, 6) is -0.766. The van der Waals surface area contributed by atoms with Crippen molar-refractivity contribution in [1.82, 2.24) is 30.1 Å². The first-order valence-electron chi connectivity index (χ1n) is 23.0. The summed E-state index contributed by atoms with van der Waals surface area (Å²) in [5.41, 5.74) is 0.921. The Morgan fingerprint density at radius 3 is 2.55 bits per heavy atom. The van der Waals surface area contributed by atoms with Crippen LogP contribution in [0, 0.1) is 11.8 Å². The number of nitrogens with one attached hydrogen (secondary N) is 1. The van der Waals surface area contributed by atoms with Crippen LogP contribution in [0.4, 0.5) is 10.5 Å². The van der Waals surface area contributed by atoms with Crippen molar-refractivity contribution in [3.63, 3.8) is 0 Å². The molecule has 2 aromatic rings. The van der Waals surface area contributed by atoms with E-state index in [2.05, 4.69) is 47.5 Å². The van der Waals surface area contributed by atoms with Gasteiger partial charge in [-0.3, -0.25) is 19.7 Å². The molecule has 0 radical (unpaired) electrons. The highest BCUT2D eigenvalue weighted by molar-refractivity contribution is 9.09. The number of esters is 1. The van der Waals surface area contributed by atoms with E-state index >= 15 is 0 Å². The normalized spacial score (nSPS) is 28.3. The SMILES string of the molecule is COc1cc2cc(c1Cl)N(C)C(=O)C[C@H](OC(=O)[C@H](C)N(C)C(=O)CCSCC(=O)N1CCC(Cn3nnc(CBr)c3CBr)CC1)[C@]1(C)OC1[C@H](C)[C@@H]1C[C@@](O)(NC(=O)O1)[C@H](OC)/C=C/C=C(\C)C2. The monoisotopic (exact) mass is 1130 g/mol. The van der Waals surface area contributed by atoms with E-state index in [1.54, 1.807) is 52.1 Å². The minimum absolute atomic E-state index is 0.0191. The van der Waals surface area contributed by atoms with Crippen molar-refractivity contribution in [1.29, 1.82) is 0 Å². The summed E-state index contributed by atoms with van der Waals surface area (Å²) < 4.78 is 31.4. The molecular formula is C47H64Br2ClN7O11S. The van der Waals surface area contributed by atoms with Crippen LogP contribution in [-0.2, 0) is 61.8 Å². The van der Waals surface area contributed by atoms with Gasteiger partial charge in [-0.1, -0.05) is 79.4 Å². The minimum atomic E-state index is -1.85. The standard InChI is InChI=1S/C47H64Br2ClN7O11S/c1-27-10-9-11-37(65-8)47(63)22-36(66-45(62)51-47)28(2)43-46(4,68-43)38(21-40(59)55(6)33-19-31(18-27)20-35(64-7)42(33)50)67-44(61)29(3)54(5)39(58)14-17-69-26-41(60)56-15-12-30(13-16-56)25-57-34(24-49)32(23-48)52-53-57/h9-11,19-20,28-30,36-38,43,63H,12-18,21-26H2,1-8H3,(H,51,62)/b11-9+,27-10+/t28-,29+,36+,37-,38+,43?,46+,47+/m1/s1. The molecule has 1 unspecified atom stereocenters. The molecule has 5 heterocycles. The molecule has 0 saturated carbocycles. The van der Waals surface area contributed by atoms with Crippen molar-refractivity contribution < 1.29 is 52.8 Å². The Morgan fingerprint density at radius 2 is 1.88 bits per heavy atom. The number of fused-ring (bicyclic) bond motifs is 5. The molecule has 4 bridgehead atoms. The van der Waals surface area contributed by atoms with E-state index in [-0.39, 0.29) is 41.9 Å². The number of aliphatic hydroxyl groups is 1. The topological polar surface area (TPSA) is 207 Å². The number of nitrogens with zero attached hydrogens (tertiary/aromatic N) is 6. The lowest BCUT2D eigenvalue weighted by Gasteiger charge is -2.42. The summed E-state index contributed by atoms with van der Waals surface area (Å²) in [5, 5.41) is 24.5. The van der Waals surface area contributed by atoms with E-state index in [4.69, 9.17) is 35.3 Å². The number of likely N-dealkylation sites (tertiary alicyclic amines) is 1. The van der Waals surface area contributed by atoms with Gasteiger partial charge in [0.15, 0.2) is 5.72 Å². The molecule has 0 spiro atoms. The van der Waals surface area contributed by atoms with Crippen LogP contribution in [-0.4, -0.2) is 154 Å². The number of thioether (sulfide) groups is 1. The second-order valence-electron chi connectivity index (χ2n) is 18.5. The van der Waals surface area contributed by atoms with E-state index in [0.717, 1.165) is 41.9 Å². The number of ether oxygens (including phenoxy) is 5. The minimum Gasteiger partial charge on any atom is -0.495 e. The maximum Gasteiger partial charge on any atom is 0.409 e. The average molecular weight is 1130 g/mol. The summed E-state index contributed by atoms with van der Waals surface area (Å²) in [6.45, 7) is 9.01. The summed E-state index contributed by atoms with van der Waals surface area (Å²) in [6.07, 6.45) is 2.48. The largest absolute Gasteiger partial charge is 0.495 e. The number of methoxy groups -OCH3 is 2. The molecular weight excluding hydrogens is 1070 g/mol. The lowest BCUT2D eigenvalue weighted by molar-refractivity contribution is -0.162. The zero-order valence-corrected chi connectivity index (χ0v) is 45.1. The number of carbonyl (C=O) groups is 5. The predicted molar refractivity (Wildman–Crippen MR) is 267 cm³/mol. The summed E-state index contributed by atoms with van der Waals surface area (Å²) >= 11 is 15.2. The number of carbonyl (C=O) groups excluding carboxylic acids is 5. The number of alkyl carbamates (subject to hydrolysis) is 1. The maximum absolute atomic E-state index is 14.3. The number of rotatable bonds is 14. The highest BCUT2D eigenvalue weighted by Crippen LogP contribution is 2.49. The van der Waals surface area contributed by atoms with Gasteiger partial charge in [-0.05, 0) is 63.6 Å². The summed E-state index contributed by atoms with van der Waals surface area (Å²) in [4.78, 5) is 72.6.